The van der Waals surface area contributed by atoms with E-state index in [4.69, 9.17) is 0 Å². The fourth-order valence-corrected chi connectivity index (χ4v) is 2.58. The van der Waals surface area contributed by atoms with Gasteiger partial charge in [0, 0.05) is 34.2 Å². The number of halogens is 1. The summed E-state index contributed by atoms with van der Waals surface area (Å²) in [6.45, 7) is 0. The van der Waals surface area contributed by atoms with Crippen LogP contribution in [0.1, 0.15) is 0 Å². The van der Waals surface area contributed by atoms with Gasteiger partial charge >= 0.3 is 0 Å². The highest BCUT2D eigenvalue weighted by atomic mass is 79.9. The molecule has 0 atom stereocenters. The summed E-state index contributed by atoms with van der Waals surface area (Å²) in [5.74, 6) is 0. The predicted molar refractivity (Wildman–Crippen MR) is 93.8 cm³/mol. The van der Waals surface area contributed by atoms with Crippen molar-refractivity contribution in [1.82, 2.24) is 4.98 Å². The van der Waals surface area contributed by atoms with E-state index in [1.165, 1.54) is 6.07 Å². The third-order valence-electron chi connectivity index (χ3n) is 3.29. The van der Waals surface area contributed by atoms with Crippen LogP contribution in [0.5, 0.6) is 0 Å². The minimum absolute atomic E-state index is 0.0196. The number of hydrogen-bond donors (Lipinski definition) is 1. The van der Waals surface area contributed by atoms with Crippen LogP contribution in [0.2, 0.25) is 0 Å². The molecule has 0 fully saturated rings. The largest absolute Gasteiger partial charge is 0.350 e. The zero-order valence-corrected chi connectivity index (χ0v) is 13.5. The Kier molecular flexibility index (Phi) is 4.34. The Morgan fingerprint density at radius 2 is 1.87 bits per heavy atom. The van der Waals surface area contributed by atoms with Gasteiger partial charge in [-0.05, 0) is 35.9 Å². The molecule has 5 nitrogen and oxygen atoms in total. The molecule has 0 saturated carbocycles. The van der Waals surface area contributed by atoms with Crippen LogP contribution in [0.3, 0.4) is 0 Å². The van der Waals surface area contributed by atoms with Crippen molar-refractivity contribution in [1.29, 1.82) is 0 Å². The second-order valence-electron chi connectivity index (χ2n) is 4.87. The quantitative estimate of drug-likeness (QED) is 0.509. The van der Waals surface area contributed by atoms with E-state index in [0.29, 0.717) is 10.2 Å². The Labute approximate surface area is 141 Å². The van der Waals surface area contributed by atoms with Crippen LogP contribution < -0.4 is 5.32 Å². The van der Waals surface area contributed by atoms with Crippen LogP contribution in [-0.4, -0.2) is 9.91 Å². The average molecular weight is 370 g/mol. The van der Waals surface area contributed by atoms with Gasteiger partial charge in [-0.25, -0.2) is 0 Å². The van der Waals surface area contributed by atoms with Crippen molar-refractivity contribution >= 4 is 33.0 Å². The molecule has 0 unspecified atom stereocenters. The number of pyridine rings is 1. The maximum absolute atomic E-state index is 11.2. The predicted octanol–water partition coefficient (Wildman–Crippen LogP) is 5.16. The fraction of sp³-hybridized carbons (Fsp3) is 0. The molecule has 0 amide bonds. The standard InChI is InChI=1S/C17H12BrN3O2/c18-14-6-7-16(17(10-14)21(22)23)20-15-5-1-3-12(9-15)13-4-2-8-19-11-13/h1-11,20H. The number of aromatic nitrogens is 1. The van der Waals surface area contributed by atoms with Crippen LogP contribution >= 0.6 is 15.9 Å². The first-order valence-corrected chi connectivity index (χ1v) is 7.64. The SMILES string of the molecule is O=[N+]([O-])c1cc(Br)ccc1Nc1cccc(-c2cccnc2)c1. The van der Waals surface area contributed by atoms with Crippen LogP contribution in [-0.2, 0) is 0 Å². The van der Waals surface area contributed by atoms with Crippen molar-refractivity contribution in [2.45, 2.75) is 0 Å². The van der Waals surface area contributed by atoms with Gasteiger partial charge in [0.2, 0.25) is 0 Å². The molecule has 2 aromatic carbocycles. The molecule has 0 spiro atoms. The first kappa shape index (κ1) is 15.2. The van der Waals surface area contributed by atoms with Gasteiger partial charge in [-0.1, -0.05) is 34.1 Å². The Balaban J connectivity index is 1.94. The molecule has 1 N–H and O–H groups in total. The molecule has 1 heterocycles. The molecular formula is C17H12BrN3O2. The molecule has 0 bridgehead atoms. The zero-order valence-electron chi connectivity index (χ0n) is 11.9. The monoisotopic (exact) mass is 369 g/mol. The number of anilines is 2. The van der Waals surface area contributed by atoms with Gasteiger partial charge in [-0.2, -0.15) is 0 Å². The Morgan fingerprint density at radius 3 is 2.61 bits per heavy atom. The third-order valence-corrected chi connectivity index (χ3v) is 3.79. The summed E-state index contributed by atoms with van der Waals surface area (Å²) in [4.78, 5) is 14.9. The lowest BCUT2D eigenvalue weighted by molar-refractivity contribution is -0.384. The van der Waals surface area contributed by atoms with E-state index >= 15 is 0 Å². The summed E-state index contributed by atoms with van der Waals surface area (Å²) in [5.41, 5.74) is 3.22. The lowest BCUT2D eigenvalue weighted by Crippen LogP contribution is -1.97. The maximum atomic E-state index is 11.2. The molecule has 6 heteroatoms. The minimum Gasteiger partial charge on any atom is -0.350 e. The van der Waals surface area contributed by atoms with Crippen LogP contribution in [0.4, 0.5) is 17.1 Å². The highest BCUT2D eigenvalue weighted by molar-refractivity contribution is 9.10. The average Bonchev–Trinajstić information content (AvgIpc) is 2.57. The Bertz CT molecular complexity index is 853. The molecular weight excluding hydrogens is 358 g/mol. The van der Waals surface area contributed by atoms with E-state index in [0.717, 1.165) is 16.8 Å². The molecule has 0 aliphatic rings. The van der Waals surface area contributed by atoms with E-state index in [1.807, 2.05) is 36.4 Å². The second kappa shape index (κ2) is 6.58. The molecule has 0 aliphatic heterocycles. The minimum atomic E-state index is -0.405. The van der Waals surface area contributed by atoms with E-state index in [9.17, 15) is 10.1 Å². The van der Waals surface area contributed by atoms with Gasteiger partial charge in [-0.3, -0.25) is 15.1 Å². The van der Waals surface area contributed by atoms with E-state index in [2.05, 4.69) is 26.2 Å². The normalized spacial score (nSPS) is 10.3. The number of benzene rings is 2. The van der Waals surface area contributed by atoms with Crippen molar-refractivity contribution in [2.24, 2.45) is 0 Å². The lowest BCUT2D eigenvalue weighted by atomic mass is 10.1. The van der Waals surface area contributed by atoms with Gasteiger partial charge < -0.3 is 5.32 Å². The van der Waals surface area contributed by atoms with Gasteiger partial charge in [0.05, 0.1) is 4.92 Å². The topological polar surface area (TPSA) is 68.1 Å². The number of rotatable bonds is 4. The van der Waals surface area contributed by atoms with Crippen molar-refractivity contribution in [3.63, 3.8) is 0 Å². The van der Waals surface area contributed by atoms with Gasteiger partial charge in [0.25, 0.3) is 5.69 Å². The van der Waals surface area contributed by atoms with Crippen molar-refractivity contribution in [2.75, 3.05) is 5.32 Å². The molecule has 0 radical (unpaired) electrons. The van der Waals surface area contributed by atoms with Crippen LogP contribution in [0, 0.1) is 10.1 Å². The smallest absolute Gasteiger partial charge is 0.293 e. The fourth-order valence-electron chi connectivity index (χ4n) is 2.23. The molecule has 23 heavy (non-hydrogen) atoms. The summed E-state index contributed by atoms with van der Waals surface area (Å²) in [5, 5.41) is 14.3. The summed E-state index contributed by atoms with van der Waals surface area (Å²) < 4.78 is 0.666. The lowest BCUT2D eigenvalue weighted by Gasteiger charge is -2.09. The molecule has 3 aromatic rings. The summed E-state index contributed by atoms with van der Waals surface area (Å²) >= 11 is 3.25. The summed E-state index contributed by atoms with van der Waals surface area (Å²) in [7, 11) is 0. The van der Waals surface area contributed by atoms with Crippen molar-refractivity contribution in [3.8, 4) is 11.1 Å². The summed E-state index contributed by atoms with van der Waals surface area (Å²) in [6.07, 6.45) is 3.50. The number of hydrogen-bond acceptors (Lipinski definition) is 4. The van der Waals surface area contributed by atoms with Gasteiger partial charge in [0.1, 0.15) is 5.69 Å². The molecule has 0 aliphatic carbocycles. The maximum Gasteiger partial charge on any atom is 0.293 e. The number of nitro groups is 1. The molecule has 3 rings (SSSR count). The Hall–Kier alpha value is -2.73. The Morgan fingerprint density at radius 1 is 1.04 bits per heavy atom. The highest BCUT2D eigenvalue weighted by Gasteiger charge is 2.14. The second-order valence-corrected chi connectivity index (χ2v) is 5.78. The first-order chi connectivity index (χ1) is 11.1. The van der Waals surface area contributed by atoms with E-state index in [-0.39, 0.29) is 5.69 Å². The molecule has 1 aromatic heterocycles. The number of nitrogens with zero attached hydrogens (tertiary/aromatic N) is 2. The highest BCUT2D eigenvalue weighted by Crippen LogP contribution is 2.31. The van der Waals surface area contributed by atoms with Crippen LogP contribution in [0.15, 0.2) is 71.5 Å². The zero-order chi connectivity index (χ0) is 16.2. The summed E-state index contributed by atoms with van der Waals surface area (Å²) in [6, 6.07) is 16.4. The van der Waals surface area contributed by atoms with Gasteiger partial charge in [-0.15, -0.1) is 0 Å². The van der Waals surface area contributed by atoms with Crippen molar-refractivity contribution in [3.05, 3.63) is 81.6 Å². The van der Waals surface area contributed by atoms with E-state index < -0.39 is 4.92 Å². The van der Waals surface area contributed by atoms with Crippen LogP contribution in [0.25, 0.3) is 11.1 Å². The first-order valence-electron chi connectivity index (χ1n) is 6.85. The van der Waals surface area contributed by atoms with Gasteiger partial charge in [0.15, 0.2) is 0 Å². The van der Waals surface area contributed by atoms with E-state index in [1.54, 1.807) is 24.5 Å². The number of nitrogens with one attached hydrogen (secondary N) is 1. The molecule has 0 saturated heterocycles. The third kappa shape index (κ3) is 3.54. The molecule has 114 valence electrons. The number of nitro benzene ring substituents is 1. The van der Waals surface area contributed by atoms with Crippen molar-refractivity contribution < 1.29 is 4.92 Å².